The zero-order valence-corrected chi connectivity index (χ0v) is 19.8. The van der Waals surface area contributed by atoms with Crippen molar-refractivity contribution in [2.75, 3.05) is 39.7 Å². The summed E-state index contributed by atoms with van der Waals surface area (Å²) in [5, 5.41) is 4.08. The fourth-order valence-corrected chi connectivity index (χ4v) is 4.27. The second kappa shape index (κ2) is 10.9. The van der Waals surface area contributed by atoms with Gasteiger partial charge in [-0.3, -0.25) is 9.69 Å². The third-order valence-corrected chi connectivity index (χ3v) is 6.06. The van der Waals surface area contributed by atoms with Crippen LogP contribution in [0.5, 0.6) is 11.5 Å². The molecule has 1 saturated heterocycles. The number of nitrogens with one attached hydrogen (secondary N) is 1. The first-order valence-corrected chi connectivity index (χ1v) is 10.9. The highest BCUT2D eigenvalue weighted by Gasteiger charge is 2.28. The molecule has 0 aromatic heterocycles. The molecule has 7 nitrogen and oxygen atoms in total. The number of benzene rings is 2. The molecule has 0 aliphatic carbocycles. The molecule has 9 heteroatoms. The minimum absolute atomic E-state index is 0.172. The lowest BCUT2D eigenvalue weighted by atomic mass is 9.96. The van der Waals surface area contributed by atoms with Crippen LogP contribution in [0.3, 0.4) is 0 Å². The molecule has 1 N–H and O–H groups in total. The van der Waals surface area contributed by atoms with Gasteiger partial charge in [0.15, 0.2) is 11.5 Å². The van der Waals surface area contributed by atoms with Crippen LogP contribution in [-0.2, 0) is 16.1 Å². The quantitative estimate of drug-likeness (QED) is 0.581. The van der Waals surface area contributed by atoms with Crippen molar-refractivity contribution in [1.29, 1.82) is 0 Å². The van der Waals surface area contributed by atoms with E-state index in [9.17, 15) is 9.59 Å². The first-order valence-electron chi connectivity index (χ1n) is 10.2. The van der Waals surface area contributed by atoms with Gasteiger partial charge in [-0.1, -0.05) is 29.3 Å². The number of methoxy groups -OCH3 is 3. The minimum Gasteiger partial charge on any atom is -0.493 e. The van der Waals surface area contributed by atoms with Crippen molar-refractivity contribution in [1.82, 2.24) is 4.90 Å². The summed E-state index contributed by atoms with van der Waals surface area (Å²) in [5.74, 6) is -0.223. The molecule has 32 heavy (non-hydrogen) atoms. The standard InChI is InChI=1S/C23H26Cl2N2O5/c1-30-20-10-17(23(29)32-3)19(11-21(20)31-2)26-22(28)15-5-4-8-27(13-15)12-14-6-7-16(24)9-18(14)25/h6-7,9-11,15H,4-5,8,12-13H2,1-3H3,(H,26,28). The van der Waals surface area contributed by atoms with Crippen LogP contribution in [-0.4, -0.2) is 51.2 Å². The molecule has 1 aliphatic rings. The van der Waals surface area contributed by atoms with Gasteiger partial charge < -0.3 is 19.5 Å². The lowest BCUT2D eigenvalue weighted by Gasteiger charge is -2.32. The highest BCUT2D eigenvalue weighted by molar-refractivity contribution is 6.35. The highest BCUT2D eigenvalue weighted by atomic mass is 35.5. The zero-order valence-electron chi connectivity index (χ0n) is 18.2. The summed E-state index contributed by atoms with van der Waals surface area (Å²) < 4.78 is 15.4. The molecule has 172 valence electrons. The molecule has 1 aliphatic heterocycles. The number of hydrogen-bond acceptors (Lipinski definition) is 6. The summed E-state index contributed by atoms with van der Waals surface area (Å²) in [6, 6.07) is 8.49. The maximum atomic E-state index is 13.1. The lowest BCUT2D eigenvalue weighted by Crippen LogP contribution is -2.40. The summed E-state index contributed by atoms with van der Waals surface area (Å²) >= 11 is 12.3. The summed E-state index contributed by atoms with van der Waals surface area (Å²) in [5.41, 5.74) is 1.47. The number of ether oxygens (including phenoxy) is 3. The molecule has 1 unspecified atom stereocenters. The van der Waals surface area contributed by atoms with Crippen LogP contribution in [0, 0.1) is 5.92 Å². The molecule has 1 amide bonds. The second-order valence-electron chi connectivity index (χ2n) is 7.54. The number of halogens is 2. The van der Waals surface area contributed by atoms with Crippen molar-refractivity contribution in [3.8, 4) is 11.5 Å². The maximum Gasteiger partial charge on any atom is 0.340 e. The summed E-state index contributed by atoms with van der Waals surface area (Å²) in [6.45, 7) is 2.07. The molecule has 1 fully saturated rings. The van der Waals surface area contributed by atoms with Crippen LogP contribution in [0.4, 0.5) is 5.69 Å². The number of piperidine rings is 1. The van der Waals surface area contributed by atoms with Crippen molar-refractivity contribution in [2.24, 2.45) is 5.92 Å². The Bertz CT molecular complexity index is 999. The number of amides is 1. The third-order valence-electron chi connectivity index (χ3n) is 5.47. The first-order chi connectivity index (χ1) is 15.4. The fraction of sp³-hybridized carbons (Fsp3) is 0.391. The predicted octanol–water partition coefficient (Wildman–Crippen LogP) is 4.65. The SMILES string of the molecule is COC(=O)c1cc(OC)c(OC)cc1NC(=O)C1CCCN(Cc2ccc(Cl)cc2Cl)C1. The maximum absolute atomic E-state index is 13.1. The molecule has 0 spiro atoms. The summed E-state index contributed by atoms with van der Waals surface area (Å²) in [4.78, 5) is 27.6. The fourth-order valence-electron chi connectivity index (χ4n) is 3.80. The average molecular weight is 481 g/mol. The number of carbonyl (C=O) groups excluding carboxylic acids is 2. The topological polar surface area (TPSA) is 77.1 Å². The van der Waals surface area contributed by atoms with Gasteiger partial charge in [0.2, 0.25) is 5.91 Å². The lowest BCUT2D eigenvalue weighted by molar-refractivity contribution is -0.121. The average Bonchev–Trinajstić information content (AvgIpc) is 2.80. The second-order valence-corrected chi connectivity index (χ2v) is 8.39. The van der Waals surface area contributed by atoms with Gasteiger partial charge in [-0.15, -0.1) is 0 Å². The van der Waals surface area contributed by atoms with Crippen LogP contribution < -0.4 is 14.8 Å². The smallest absolute Gasteiger partial charge is 0.340 e. The molecule has 0 bridgehead atoms. The number of rotatable bonds is 7. The Labute approximate surface area is 197 Å². The van der Waals surface area contributed by atoms with Gasteiger partial charge in [0.05, 0.1) is 38.5 Å². The molecule has 2 aromatic rings. The minimum atomic E-state index is -0.580. The highest BCUT2D eigenvalue weighted by Crippen LogP contribution is 2.34. The molecule has 0 saturated carbocycles. The predicted molar refractivity (Wildman–Crippen MR) is 124 cm³/mol. The molecule has 2 aromatic carbocycles. The van der Waals surface area contributed by atoms with Gasteiger partial charge in [0.25, 0.3) is 0 Å². The molecule has 3 rings (SSSR count). The van der Waals surface area contributed by atoms with E-state index in [1.807, 2.05) is 12.1 Å². The van der Waals surface area contributed by atoms with E-state index in [-0.39, 0.29) is 17.4 Å². The number of hydrogen-bond donors (Lipinski definition) is 1. The monoisotopic (exact) mass is 480 g/mol. The van der Waals surface area contributed by atoms with Crippen LogP contribution >= 0.6 is 23.2 Å². The van der Waals surface area contributed by atoms with E-state index in [1.54, 1.807) is 12.1 Å². The van der Waals surface area contributed by atoms with E-state index >= 15 is 0 Å². The number of carbonyl (C=O) groups is 2. The van der Waals surface area contributed by atoms with Crippen LogP contribution in [0.2, 0.25) is 10.0 Å². The van der Waals surface area contributed by atoms with Crippen LogP contribution in [0.25, 0.3) is 0 Å². The Morgan fingerprint density at radius 1 is 1.09 bits per heavy atom. The van der Waals surface area contributed by atoms with E-state index in [2.05, 4.69) is 10.2 Å². The summed E-state index contributed by atoms with van der Waals surface area (Å²) in [7, 11) is 4.24. The molecule has 0 radical (unpaired) electrons. The van der Waals surface area contributed by atoms with Gasteiger partial charge in [-0.2, -0.15) is 0 Å². The normalized spacial score (nSPS) is 16.3. The van der Waals surface area contributed by atoms with Crippen molar-refractivity contribution < 1.29 is 23.8 Å². The Kier molecular flexibility index (Phi) is 8.23. The first kappa shape index (κ1) is 24.2. The van der Waals surface area contributed by atoms with E-state index in [0.29, 0.717) is 40.3 Å². The van der Waals surface area contributed by atoms with Crippen molar-refractivity contribution >= 4 is 40.8 Å². The van der Waals surface area contributed by atoms with Gasteiger partial charge >= 0.3 is 5.97 Å². The van der Waals surface area contributed by atoms with E-state index < -0.39 is 5.97 Å². The Balaban J connectivity index is 1.75. The van der Waals surface area contributed by atoms with Crippen molar-refractivity contribution in [2.45, 2.75) is 19.4 Å². The van der Waals surface area contributed by atoms with E-state index in [0.717, 1.165) is 24.9 Å². The molecular weight excluding hydrogens is 455 g/mol. The van der Waals surface area contributed by atoms with Crippen molar-refractivity contribution in [3.63, 3.8) is 0 Å². The number of nitrogens with zero attached hydrogens (tertiary/aromatic N) is 1. The van der Waals surface area contributed by atoms with E-state index in [1.165, 1.54) is 27.4 Å². The molecular formula is C23H26Cl2N2O5. The largest absolute Gasteiger partial charge is 0.493 e. The van der Waals surface area contributed by atoms with Gasteiger partial charge in [-0.05, 0) is 37.1 Å². The Morgan fingerprint density at radius 3 is 2.47 bits per heavy atom. The Morgan fingerprint density at radius 2 is 1.81 bits per heavy atom. The number of likely N-dealkylation sites (tertiary alicyclic amines) is 1. The Hall–Kier alpha value is -2.48. The van der Waals surface area contributed by atoms with Crippen LogP contribution in [0.15, 0.2) is 30.3 Å². The number of anilines is 1. The zero-order chi connectivity index (χ0) is 23.3. The molecule has 1 atom stereocenters. The third kappa shape index (κ3) is 5.65. The van der Waals surface area contributed by atoms with Gasteiger partial charge in [0, 0.05) is 35.3 Å². The van der Waals surface area contributed by atoms with Gasteiger partial charge in [-0.25, -0.2) is 4.79 Å². The van der Waals surface area contributed by atoms with Crippen LogP contribution in [0.1, 0.15) is 28.8 Å². The number of esters is 1. The van der Waals surface area contributed by atoms with Crippen molar-refractivity contribution in [3.05, 3.63) is 51.5 Å². The molecule has 1 heterocycles. The van der Waals surface area contributed by atoms with E-state index in [4.69, 9.17) is 37.4 Å². The summed E-state index contributed by atoms with van der Waals surface area (Å²) in [6.07, 6.45) is 1.62. The van der Waals surface area contributed by atoms with Gasteiger partial charge in [0.1, 0.15) is 0 Å².